The van der Waals surface area contributed by atoms with Gasteiger partial charge in [0.15, 0.2) is 10.1 Å². The summed E-state index contributed by atoms with van der Waals surface area (Å²) in [5.41, 5.74) is 9.01. The molecule has 1 unspecified atom stereocenters. The minimum atomic E-state index is -1.20. The molecular formula is C29H25ClN6O5S2. The van der Waals surface area contributed by atoms with Gasteiger partial charge in [0.2, 0.25) is 11.0 Å². The Balaban J connectivity index is 1.38. The van der Waals surface area contributed by atoms with Gasteiger partial charge in [0.1, 0.15) is 11.6 Å². The first-order chi connectivity index (χ1) is 20.7. The van der Waals surface area contributed by atoms with Crippen LogP contribution in [-0.2, 0) is 9.59 Å². The second kappa shape index (κ2) is 12.9. The summed E-state index contributed by atoms with van der Waals surface area (Å²) in [4.78, 5) is 38.9. The van der Waals surface area contributed by atoms with Gasteiger partial charge in [-0.05, 0) is 55.7 Å². The van der Waals surface area contributed by atoms with Crippen molar-refractivity contribution in [1.29, 1.82) is 5.26 Å². The molecule has 1 atom stereocenters. The molecular weight excluding hydrogens is 612 g/mol. The Hall–Kier alpha value is -4.38. The molecule has 0 spiro atoms. The first-order valence-corrected chi connectivity index (χ1v) is 15.4. The second-order valence-electron chi connectivity index (χ2n) is 9.51. The van der Waals surface area contributed by atoms with E-state index in [0.29, 0.717) is 58.0 Å². The minimum absolute atomic E-state index is 0.0271. The van der Waals surface area contributed by atoms with Crippen LogP contribution in [0, 0.1) is 11.3 Å². The number of ether oxygens (including phenoxy) is 1. The van der Waals surface area contributed by atoms with Crippen molar-refractivity contribution in [1.82, 2.24) is 10.2 Å². The molecule has 2 aromatic carbocycles. The molecule has 11 nitrogen and oxygen atoms in total. The Kier molecular flexibility index (Phi) is 9.00. The number of carboxylic acid groups (broad SMARTS) is 1. The Morgan fingerprint density at radius 2 is 2.02 bits per heavy atom. The van der Waals surface area contributed by atoms with E-state index in [4.69, 9.17) is 22.1 Å². The van der Waals surface area contributed by atoms with Gasteiger partial charge in [-0.15, -0.1) is 10.2 Å². The van der Waals surface area contributed by atoms with Gasteiger partial charge in [0.05, 0.1) is 40.5 Å². The molecule has 43 heavy (non-hydrogen) atoms. The number of rotatable bonds is 9. The molecule has 5 rings (SSSR count). The SMILES string of the molecule is CCOc1ccc(C2C(C#N)=C(N)N(c3nnc(SCC(=O)Nc4ccc(Cl)c(C(=O)O)c4)s3)C3=C2C(=O)CCC3)cc1. The number of nitrogens with two attached hydrogens (primary N) is 1. The van der Waals surface area contributed by atoms with E-state index in [1.165, 1.54) is 29.5 Å². The van der Waals surface area contributed by atoms with Crippen molar-refractivity contribution in [3.63, 3.8) is 0 Å². The number of nitrogens with zero attached hydrogens (tertiary/aromatic N) is 4. The van der Waals surface area contributed by atoms with E-state index in [2.05, 4.69) is 21.6 Å². The molecule has 220 valence electrons. The number of halogens is 1. The summed E-state index contributed by atoms with van der Waals surface area (Å²) in [6, 6.07) is 13.7. The summed E-state index contributed by atoms with van der Waals surface area (Å²) in [6.45, 7) is 2.41. The molecule has 14 heteroatoms. The number of nitriles is 1. The number of carbonyl (C=O) groups is 3. The van der Waals surface area contributed by atoms with Gasteiger partial charge in [0.25, 0.3) is 0 Å². The number of thioether (sulfide) groups is 1. The lowest BCUT2D eigenvalue weighted by molar-refractivity contribution is -0.116. The first kappa shape index (κ1) is 30.1. The van der Waals surface area contributed by atoms with Crippen molar-refractivity contribution in [3.8, 4) is 11.8 Å². The van der Waals surface area contributed by atoms with Gasteiger partial charge in [0, 0.05) is 23.4 Å². The lowest BCUT2D eigenvalue weighted by Gasteiger charge is -2.38. The van der Waals surface area contributed by atoms with E-state index in [9.17, 15) is 24.8 Å². The lowest BCUT2D eigenvalue weighted by atomic mass is 9.76. The Labute approximate surface area is 260 Å². The topological polar surface area (TPSA) is 172 Å². The average Bonchev–Trinajstić information content (AvgIpc) is 3.45. The molecule has 0 saturated heterocycles. The Bertz CT molecular complexity index is 1710. The summed E-state index contributed by atoms with van der Waals surface area (Å²) in [7, 11) is 0. The number of benzene rings is 2. The molecule has 0 fully saturated rings. The largest absolute Gasteiger partial charge is 0.494 e. The Morgan fingerprint density at radius 3 is 2.72 bits per heavy atom. The second-order valence-corrected chi connectivity index (χ2v) is 12.1. The van der Waals surface area contributed by atoms with Crippen LogP contribution >= 0.6 is 34.7 Å². The highest BCUT2D eigenvalue weighted by Crippen LogP contribution is 2.47. The normalized spacial score (nSPS) is 16.5. The lowest BCUT2D eigenvalue weighted by Crippen LogP contribution is -2.38. The summed E-state index contributed by atoms with van der Waals surface area (Å²) in [5.74, 6) is -1.40. The zero-order chi connectivity index (χ0) is 30.7. The standard InChI is InChI=1S/C29H25ClN6O5S2/c1-2-41-17-9-6-15(7-10-17)24-19(13-31)26(32)36(21-4-3-5-22(37)25(21)24)28-34-35-29(43-28)42-14-23(38)33-16-8-11-20(30)18(12-16)27(39)40/h6-12,24H,2-5,14,32H2,1H3,(H,33,38)(H,39,40). The van der Waals surface area contributed by atoms with Crippen LogP contribution in [0.4, 0.5) is 10.8 Å². The number of anilines is 2. The van der Waals surface area contributed by atoms with Crippen LogP contribution in [0.2, 0.25) is 5.02 Å². The number of hydrogen-bond acceptors (Lipinski definition) is 11. The van der Waals surface area contributed by atoms with Crippen LogP contribution in [-0.4, -0.2) is 45.3 Å². The number of amides is 1. The molecule has 3 aromatic rings. The van der Waals surface area contributed by atoms with E-state index in [-0.39, 0.29) is 39.4 Å². The number of aromatic carboxylic acids is 1. The fourth-order valence-electron chi connectivity index (χ4n) is 5.00. The summed E-state index contributed by atoms with van der Waals surface area (Å²) in [6.07, 6.45) is 1.57. The summed E-state index contributed by atoms with van der Waals surface area (Å²) in [5, 5.41) is 31.0. The predicted molar refractivity (Wildman–Crippen MR) is 163 cm³/mol. The van der Waals surface area contributed by atoms with E-state index < -0.39 is 11.9 Å². The molecule has 0 radical (unpaired) electrons. The van der Waals surface area contributed by atoms with Gasteiger partial charge in [-0.3, -0.25) is 14.5 Å². The molecule has 0 saturated carbocycles. The molecule has 1 aliphatic heterocycles. The van der Waals surface area contributed by atoms with Gasteiger partial charge in [-0.25, -0.2) is 4.79 Å². The van der Waals surface area contributed by atoms with E-state index in [1.807, 2.05) is 31.2 Å². The third-order valence-corrected chi connectivity index (χ3v) is 9.20. The zero-order valence-corrected chi connectivity index (χ0v) is 25.2. The molecule has 1 aromatic heterocycles. The van der Waals surface area contributed by atoms with Crippen molar-refractivity contribution >= 4 is 63.2 Å². The van der Waals surface area contributed by atoms with Crippen molar-refractivity contribution in [2.45, 2.75) is 36.4 Å². The number of ketones is 1. The zero-order valence-electron chi connectivity index (χ0n) is 22.8. The number of hydrogen-bond donors (Lipinski definition) is 3. The molecule has 1 aliphatic carbocycles. The van der Waals surface area contributed by atoms with Gasteiger partial charge in [-0.1, -0.05) is 46.8 Å². The smallest absolute Gasteiger partial charge is 0.337 e. The number of nitrogens with one attached hydrogen (secondary N) is 1. The Morgan fingerprint density at radius 1 is 1.26 bits per heavy atom. The molecule has 0 bridgehead atoms. The maximum Gasteiger partial charge on any atom is 0.337 e. The number of carbonyl (C=O) groups excluding carboxylic acids is 2. The van der Waals surface area contributed by atoms with Crippen molar-refractivity contribution < 1.29 is 24.2 Å². The summed E-state index contributed by atoms with van der Waals surface area (Å²) >= 11 is 8.21. The third kappa shape index (κ3) is 6.22. The highest BCUT2D eigenvalue weighted by Gasteiger charge is 2.41. The fraction of sp³-hybridized carbons (Fsp3) is 0.241. The van der Waals surface area contributed by atoms with E-state index in [0.717, 1.165) is 17.3 Å². The van der Waals surface area contributed by atoms with Crippen molar-refractivity contribution in [3.05, 3.63) is 81.3 Å². The summed E-state index contributed by atoms with van der Waals surface area (Å²) < 4.78 is 6.02. The maximum atomic E-state index is 13.3. The molecule has 2 heterocycles. The number of carboxylic acids is 1. The van der Waals surface area contributed by atoms with Gasteiger partial charge in [-0.2, -0.15) is 5.26 Å². The van der Waals surface area contributed by atoms with E-state index in [1.54, 1.807) is 4.90 Å². The number of aromatic nitrogens is 2. The van der Waals surface area contributed by atoms with Crippen LogP contribution in [0.1, 0.15) is 48.0 Å². The molecule has 2 aliphatic rings. The van der Waals surface area contributed by atoms with Crippen molar-refractivity contribution in [2.24, 2.45) is 5.73 Å². The van der Waals surface area contributed by atoms with Gasteiger partial charge >= 0.3 is 5.97 Å². The van der Waals surface area contributed by atoms with Crippen LogP contribution in [0.15, 0.2) is 69.5 Å². The van der Waals surface area contributed by atoms with Crippen molar-refractivity contribution in [2.75, 3.05) is 22.6 Å². The third-order valence-electron chi connectivity index (χ3n) is 6.83. The van der Waals surface area contributed by atoms with Crippen LogP contribution in [0.5, 0.6) is 5.75 Å². The minimum Gasteiger partial charge on any atom is -0.494 e. The van der Waals surface area contributed by atoms with Crippen LogP contribution in [0.25, 0.3) is 0 Å². The highest BCUT2D eigenvalue weighted by atomic mass is 35.5. The number of Topliss-reactive ketones (excluding diaryl/α,β-unsaturated/α-hetero) is 1. The van der Waals surface area contributed by atoms with E-state index >= 15 is 0 Å². The number of allylic oxidation sites excluding steroid dienone is 3. The average molecular weight is 637 g/mol. The monoisotopic (exact) mass is 636 g/mol. The first-order valence-electron chi connectivity index (χ1n) is 13.2. The predicted octanol–water partition coefficient (Wildman–Crippen LogP) is 5.32. The maximum absolute atomic E-state index is 13.3. The van der Waals surface area contributed by atoms with Crippen LogP contribution < -0.4 is 20.7 Å². The molecule has 4 N–H and O–H groups in total. The van der Waals surface area contributed by atoms with Gasteiger partial charge < -0.3 is 20.9 Å². The molecule has 1 amide bonds. The fourth-order valence-corrected chi connectivity index (χ4v) is 6.88. The highest BCUT2D eigenvalue weighted by molar-refractivity contribution is 8.01. The van der Waals surface area contributed by atoms with Crippen LogP contribution in [0.3, 0.4) is 0 Å². The quantitative estimate of drug-likeness (QED) is 0.259.